The Bertz CT molecular complexity index is 681. The molecule has 0 atom stereocenters. The predicted octanol–water partition coefficient (Wildman–Crippen LogP) is 2.17. The van der Waals surface area contributed by atoms with Gasteiger partial charge >= 0.3 is 0 Å². The topological polar surface area (TPSA) is 61.0 Å². The minimum atomic E-state index is 0.167. The zero-order valence-electron chi connectivity index (χ0n) is 12.8. The molecule has 1 spiro atoms. The van der Waals surface area contributed by atoms with Crippen LogP contribution in [0.4, 0.5) is 0 Å². The van der Waals surface area contributed by atoms with Gasteiger partial charge in [-0.2, -0.15) is 5.10 Å². The zero-order valence-corrected chi connectivity index (χ0v) is 12.8. The number of nitrogens with one attached hydrogen (secondary N) is 2. The second-order valence-corrected chi connectivity index (χ2v) is 6.75. The predicted molar refractivity (Wildman–Crippen MR) is 85.8 cm³/mol. The van der Waals surface area contributed by atoms with Crippen molar-refractivity contribution in [2.75, 3.05) is 26.2 Å². The van der Waals surface area contributed by atoms with Crippen LogP contribution in [0.3, 0.4) is 0 Å². The van der Waals surface area contributed by atoms with Crippen LogP contribution >= 0.6 is 0 Å². The Morgan fingerprint density at radius 2 is 2.09 bits per heavy atom. The number of aromatic nitrogens is 2. The number of H-pyrrole nitrogens is 1. The van der Waals surface area contributed by atoms with E-state index in [2.05, 4.69) is 20.4 Å². The van der Waals surface area contributed by atoms with Crippen LogP contribution in [0.25, 0.3) is 10.9 Å². The lowest BCUT2D eigenvalue weighted by Crippen LogP contribution is -2.50. The van der Waals surface area contributed by atoms with Crippen molar-refractivity contribution in [2.24, 2.45) is 5.41 Å². The summed E-state index contributed by atoms with van der Waals surface area (Å²) in [5.41, 5.74) is 2.10. The van der Waals surface area contributed by atoms with Gasteiger partial charge in [0.25, 0.3) is 5.91 Å². The van der Waals surface area contributed by atoms with E-state index in [-0.39, 0.29) is 5.91 Å². The number of fused-ring (bicyclic) bond motifs is 1. The molecule has 2 aliphatic rings. The largest absolute Gasteiger partial charge is 0.338 e. The van der Waals surface area contributed by atoms with Crippen molar-refractivity contribution < 1.29 is 4.79 Å². The Morgan fingerprint density at radius 3 is 2.95 bits per heavy atom. The summed E-state index contributed by atoms with van der Waals surface area (Å²) in [6, 6.07) is 5.80. The number of rotatable bonds is 1. The number of hydrogen-bond donors (Lipinski definition) is 2. The molecule has 2 aliphatic heterocycles. The lowest BCUT2D eigenvalue weighted by atomic mass is 9.73. The molecular weight excluding hydrogens is 276 g/mol. The van der Waals surface area contributed by atoms with Gasteiger partial charge in [-0.15, -0.1) is 0 Å². The number of benzene rings is 1. The molecule has 1 amide bonds. The van der Waals surface area contributed by atoms with E-state index in [1.807, 2.05) is 18.2 Å². The first-order valence-electron chi connectivity index (χ1n) is 8.19. The van der Waals surface area contributed by atoms with Crippen molar-refractivity contribution in [3.05, 3.63) is 30.0 Å². The highest BCUT2D eigenvalue weighted by Crippen LogP contribution is 2.38. The normalized spacial score (nSPS) is 21.4. The van der Waals surface area contributed by atoms with E-state index >= 15 is 0 Å². The van der Waals surface area contributed by atoms with Gasteiger partial charge in [0.15, 0.2) is 0 Å². The molecule has 5 heteroatoms. The first-order chi connectivity index (χ1) is 10.8. The van der Waals surface area contributed by atoms with E-state index in [1.165, 1.54) is 19.3 Å². The molecule has 2 N–H and O–H groups in total. The van der Waals surface area contributed by atoms with Crippen LogP contribution in [0, 0.1) is 5.41 Å². The van der Waals surface area contributed by atoms with Gasteiger partial charge in [-0.3, -0.25) is 9.89 Å². The summed E-state index contributed by atoms with van der Waals surface area (Å²) in [7, 11) is 0. The Balaban J connectivity index is 1.56. The maximum absolute atomic E-state index is 12.9. The fraction of sp³-hybridized carbons (Fsp3) is 0.529. The minimum absolute atomic E-state index is 0.167. The van der Waals surface area contributed by atoms with Crippen LogP contribution in [0.5, 0.6) is 0 Å². The SMILES string of the molecule is O=C(c1ccc2[nH]ncc2c1)N1CCCC2(CCNCC2)C1. The lowest BCUT2D eigenvalue weighted by molar-refractivity contribution is 0.0411. The molecule has 5 nitrogen and oxygen atoms in total. The van der Waals surface area contributed by atoms with E-state index in [9.17, 15) is 4.79 Å². The summed E-state index contributed by atoms with van der Waals surface area (Å²) in [4.78, 5) is 14.9. The smallest absolute Gasteiger partial charge is 0.253 e. The highest BCUT2D eigenvalue weighted by molar-refractivity contribution is 5.97. The van der Waals surface area contributed by atoms with Crippen molar-refractivity contribution in [3.8, 4) is 0 Å². The van der Waals surface area contributed by atoms with Crippen LogP contribution in [0.1, 0.15) is 36.0 Å². The summed E-state index contributed by atoms with van der Waals surface area (Å²) in [6.45, 7) is 3.97. The van der Waals surface area contributed by atoms with Crippen molar-refractivity contribution >= 4 is 16.8 Å². The van der Waals surface area contributed by atoms with Gasteiger partial charge in [0, 0.05) is 24.0 Å². The molecule has 0 aliphatic carbocycles. The van der Waals surface area contributed by atoms with Crippen molar-refractivity contribution in [3.63, 3.8) is 0 Å². The molecule has 0 saturated carbocycles. The molecule has 116 valence electrons. The molecule has 1 aromatic heterocycles. The second-order valence-electron chi connectivity index (χ2n) is 6.75. The van der Waals surface area contributed by atoms with Gasteiger partial charge in [-0.1, -0.05) is 0 Å². The monoisotopic (exact) mass is 298 g/mol. The van der Waals surface area contributed by atoms with Gasteiger partial charge in [0.05, 0.1) is 11.7 Å². The molecule has 2 fully saturated rings. The number of piperidine rings is 2. The Morgan fingerprint density at radius 1 is 1.23 bits per heavy atom. The molecule has 0 bridgehead atoms. The number of nitrogens with zero attached hydrogens (tertiary/aromatic N) is 2. The third-order valence-corrected chi connectivity index (χ3v) is 5.30. The summed E-state index contributed by atoms with van der Waals surface area (Å²) in [5, 5.41) is 11.4. The standard InChI is InChI=1S/C17H22N4O/c22-16(13-2-3-15-14(10-13)11-19-20-15)21-9-1-4-17(12-21)5-7-18-8-6-17/h2-3,10-11,18H,1,4-9,12H2,(H,19,20). The summed E-state index contributed by atoms with van der Waals surface area (Å²) in [6.07, 6.45) is 6.55. The van der Waals surface area contributed by atoms with E-state index in [4.69, 9.17) is 0 Å². The van der Waals surface area contributed by atoms with Crippen molar-refractivity contribution in [1.82, 2.24) is 20.4 Å². The highest BCUT2D eigenvalue weighted by Gasteiger charge is 2.38. The van der Waals surface area contributed by atoms with Crippen molar-refractivity contribution in [1.29, 1.82) is 0 Å². The van der Waals surface area contributed by atoms with E-state index in [0.717, 1.165) is 49.1 Å². The Labute approximate surface area is 130 Å². The quantitative estimate of drug-likeness (QED) is 0.848. The molecule has 0 unspecified atom stereocenters. The van der Waals surface area contributed by atoms with Crippen LogP contribution in [0.15, 0.2) is 24.4 Å². The highest BCUT2D eigenvalue weighted by atomic mass is 16.2. The summed E-state index contributed by atoms with van der Waals surface area (Å²) < 4.78 is 0. The van der Waals surface area contributed by atoms with Gasteiger partial charge < -0.3 is 10.2 Å². The van der Waals surface area contributed by atoms with E-state index in [0.29, 0.717) is 5.41 Å². The molecule has 0 radical (unpaired) electrons. The number of carbonyl (C=O) groups is 1. The van der Waals surface area contributed by atoms with Crippen LogP contribution in [-0.2, 0) is 0 Å². The van der Waals surface area contributed by atoms with Crippen molar-refractivity contribution in [2.45, 2.75) is 25.7 Å². The average Bonchev–Trinajstić information content (AvgIpc) is 3.02. The molecule has 1 aromatic carbocycles. The average molecular weight is 298 g/mol. The van der Waals surface area contributed by atoms with Crippen LogP contribution in [-0.4, -0.2) is 47.2 Å². The van der Waals surface area contributed by atoms with Gasteiger partial charge in [-0.25, -0.2) is 0 Å². The second kappa shape index (κ2) is 5.39. The zero-order chi connectivity index (χ0) is 15.0. The Kier molecular flexibility index (Phi) is 3.37. The van der Waals surface area contributed by atoms with Crippen LogP contribution in [0.2, 0.25) is 0 Å². The molecule has 4 rings (SSSR count). The Hall–Kier alpha value is -1.88. The van der Waals surface area contributed by atoms with E-state index in [1.54, 1.807) is 6.20 Å². The number of aromatic amines is 1. The molecule has 2 aromatic rings. The minimum Gasteiger partial charge on any atom is -0.338 e. The summed E-state index contributed by atoms with van der Waals surface area (Å²) >= 11 is 0. The van der Waals surface area contributed by atoms with Gasteiger partial charge in [0.2, 0.25) is 0 Å². The lowest BCUT2D eigenvalue weighted by Gasteiger charge is -2.45. The van der Waals surface area contributed by atoms with E-state index < -0.39 is 0 Å². The van der Waals surface area contributed by atoms with Crippen LogP contribution < -0.4 is 5.32 Å². The third kappa shape index (κ3) is 2.39. The fourth-order valence-corrected chi connectivity index (χ4v) is 4.00. The number of carbonyl (C=O) groups excluding carboxylic acids is 1. The first-order valence-corrected chi connectivity index (χ1v) is 8.19. The number of likely N-dealkylation sites (tertiary alicyclic amines) is 1. The molecule has 2 saturated heterocycles. The van der Waals surface area contributed by atoms with Gasteiger partial charge in [0.1, 0.15) is 0 Å². The molecule has 22 heavy (non-hydrogen) atoms. The van der Waals surface area contributed by atoms with Gasteiger partial charge in [-0.05, 0) is 62.4 Å². The third-order valence-electron chi connectivity index (χ3n) is 5.30. The first kappa shape index (κ1) is 13.8. The number of amides is 1. The maximum atomic E-state index is 12.9. The molecule has 3 heterocycles. The fourth-order valence-electron chi connectivity index (χ4n) is 4.00. The maximum Gasteiger partial charge on any atom is 0.253 e. The number of hydrogen-bond acceptors (Lipinski definition) is 3. The molecular formula is C17H22N4O. The summed E-state index contributed by atoms with van der Waals surface area (Å²) in [5.74, 6) is 0.167.